The van der Waals surface area contributed by atoms with Crippen molar-refractivity contribution in [3.05, 3.63) is 59.4 Å². The lowest BCUT2D eigenvalue weighted by Crippen LogP contribution is -2.30. The molecule has 150 valence electrons. The summed E-state index contributed by atoms with van der Waals surface area (Å²) in [6.07, 6.45) is 0. The van der Waals surface area contributed by atoms with Crippen LogP contribution >= 0.6 is 0 Å². The van der Waals surface area contributed by atoms with E-state index in [0.29, 0.717) is 0 Å². The van der Waals surface area contributed by atoms with Crippen molar-refractivity contribution in [2.24, 2.45) is 0 Å². The van der Waals surface area contributed by atoms with E-state index in [0.717, 1.165) is 18.2 Å². The summed E-state index contributed by atoms with van der Waals surface area (Å²) in [5.41, 5.74) is -0.0987. The molecule has 7 nitrogen and oxygen atoms in total. The van der Waals surface area contributed by atoms with Crippen LogP contribution in [0.25, 0.3) is 0 Å². The highest BCUT2D eigenvalue weighted by atomic mass is 32.2. The number of halogens is 1. The Labute approximate surface area is 162 Å². The normalized spacial score (nSPS) is 11.3. The number of ether oxygens (including phenoxy) is 2. The summed E-state index contributed by atoms with van der Waals surface area (Å²) < 4.78 is 50.1. The third-order valence-electron chi connectivity index (χ3n) is 3.57. The number of hydrogen-bond donors (Lipinski definition) is 1. The molecule has 28 heavy (non-hydrogen) atoms. The molecule has 0 aliphatic carbocycles. The van der Waals surface area contributed by atoms with Gasteiger partial charge in [0.05, 0.1) is 23.1 Å². The van der Waals surface area contributed by atoms with Gasteiger partial charge in [-0.15, -0.1) is 0 Å². The van der Waals surface area contributed by atoms with Gasteiger partial charge < -0.3 is 9.47 Å². The molecule has 0 heterocycles. The summed E-state index contributed by atoms with van der Waals surface area (Å²) in [4.78, 5) is 24.3. The SMILES string of the molecule is COc1ccc(F)cc1C(=O)COC(=O)c1cccc(S(=O)(=O)NC(C)C)c1. The van der Waals surface area contributed by atoms with E-state index in [9.17, 15) is 22.4 Å². The van der Waals surface area contributed by atoms with E-state index in [-0.39, 0.29) is 27.8 Å². The second kappa shape index (κ2) is 8.94. The molecule has 1 N–H and O–H groups in total. The highest BCUT2D eigenvalue weighted by Crippen LogP contribution is 2.20. The Kier molecular flexibility index (Phi) is 6.87. The highest BCUT2D eigenvalue weighted by Gasteiger charge is 2.19. The number of methoxy groups -OCH3 is 1. The topological polar surface area (TPSA) is 98.8 Å². The lowest BCUT2D eigenvalue weighted by atomic mass is 10.1. The Balaban J connectivity index is 2.13. The monoisotopic (exact) mass is 409 g/mol. The zero-order valence-electron chi connectivity index (χ0n) is 15.6. The number of ketones is 1. The summed E-state index contributed by atoms with van der Waals surface area (Å²) in [5, 5.41) is 0. The summed E-state index contributed by atoms with van der Waals surface area (Å²) >= 11 is 0. The lowest BCUT2D eigenvalue weighted by molar-refractivity contribution is 0.0473. The summed E-state index contributed by atoms with van der Waals surface area (Å²) in [6, 6.07) is 8.34. The Bertz CT molecular complexity index is 988. The lowest BCUT2D eigenvalue weighted by Gasteiger charge is -2.11. The average Bonchev–Trinajstić information content (AvgIpc) is 2.64. The second-order valence-corrected chi connectivity index (χ2v) is 7.86. The van der Waals surface area contributed by atoms with E-state index in [1.807, 2.05) is 0 Å². The number of carbonyl (C=O) groups is 2. The first-order valence-corrected chi connectivity index (χ1v) is 9.78. The maximum Gasteiger partial charge on any atom is 0.338 e. The molecule has 0 fully saturated rings. The molecule has 0 saturated carbocycles. The maximum absolute atomic E-state index is 13.4. The third-order valence-corrected chi connectivity index (χ3v) is 5.22. The van der Waals surface area contributed by atoms with Crippen molar-refractivity contribution < 1.29 is 31.9 Å². The van der Waals surface area contributed by atoms with Crippen LogP contribution in [0, 0.1) is 5.82 Å². The fourth-order valence-corrected chi connectivity index (χ4v) is 3.66. The van der Waals surface area contributed by atoms with E-state index >= 15 is 0 Å². The zero-order chi connectivity index (χ0) is 20.9. The minimum Gasteiger partial charge on any atom is -0.496 e. The van der Waals surface area contributed by atoms with Crippen molar-refractivity contribution in [2.45, 2.75) is 24.8 Å². The molecule has 0 aliphatic rings. The summed E-state index contributed by atoms with van der Waals surface area (Å²) in [6.45, 7) is 2.68. The first-order chi connectivity index (χ1) is 13.1. The van der Waals surface area contributed by atoms with Gasteiger partial charge in [0.1, 0.15) is 11.6 Å². The highest BCUT2D eigenvalue weighted by molar-refractivity contribution is 7.89. The number of sulfonamides is 1. The van der Waals surface area contributed by atoms with Gasteiger partial charge in [-0.25, -0.2) is 22.3 Å². The molecule has 0 amide bonds. The number of benzene rings is 2. The Morgan fingerprint density at radius 3 is 2.50 bits per heavy atom. The average molecular weight is 409 g/mol. The van der Waals surface area contributed by atoms with Crippen LogP contribution in [0.4, 0.5) is 4.39 Å². The molecule has 0 aromatic heterocycles. The van der Waals surface area contributed by atoms with E-state index in [1.54, 1.807) is 13.8 Å². The largest absolute Gasteiger partial charge is 0.496 e. The Morgan fingerprint density at radius 1 is 1.14 bits per heavy atom. The molecule has 0 aliphatic heterocycles. The van der Waals surface area contributed by atoms with Crippen LogP contribution in [0.2, 0.25) is 0 Å². The van der Waals surface area contributed by atoms with Crippen LogP contribution in [-0.4, -0.2) is 39.9 Å². The van der Waals surface area contributed by atoms with Crippen LogP contribution in [-0.2, 0) is 14.8 Å². The fourth-order valence-electron chi connectivity index (χ4n) is 2.36. The molecular formula is C19H20FNO6S. The number of carbonyl (C=O) groups excluding carboxylic acids is 2. The minimum absolute atomic E-state index is 0.0364. The van der Waals surface area contributed by atoms with E-state index in [1.165, 1.54) is 31.4 Å². The van der Waals surface area contributed by atoms with Crippen molar-refractivity contribution in [3.63, 3.8) is 0 Å². The smallest absolute Gasteiger partial charge is 0.338 e. The molecule has 2 aromatic rings. The van der Waals surface area contributed by atoms with Crippen molar-refractivity contribution in [1.29, 1.82) is 0 Å². The third kappa shape index (κ3) is 5.37. The van der Waals surface area contributed by atoms with Gasteiger partial charge in [-0.1, -0.05) is 6.07 Å². The molecule has 0 bridgehead atoms. The molecular weight excluding hydrogens is 389 g/mol. The summed E-state index contributed by atoms with van der Waals surface area (Å²) in [7, 11) is -2.46. The fraction of sp³-hybridized carbons (Fsp3) is 0.263. The molecule has 0 saturated heterocycles. The van der Waals surface area contributed by atoms with Gasteiger partial charge in [0.15, 0.2) is 6.61 Å². The molecule has 0 atom stereocenters. The van der Waals surface area contributed by atoms with Crippen LogP contribution in [0.5, 0.6) is 5.75 Å². The first kappa shape index (κ1) is 21.5. The molecule has 2 aromatic carbocycles. The number of Topliss-reactive ketones (excluding diaryl/α,β-unsaturated/α-hetero) is 1. The second-order valence-electron chi connectivity index (χ2n) is 6.15. The van der Waals surface area contributed by atoms with Crippen molar-refractivity contribution in [3.8, 4) is 5.75 Å². The molecule has 0 radical (unpaired) electrons. The van der Waals surface area contributed by atoms with Gasteiger partial charge in [-0.05, 0) is 50.2 Å². The molecule has 2 rings (SSSR count). The number of esters is 1. The van der Waals surface area contributed by atoms with Gasteiger partial charge >= 0.3 is 5.97 Å². The van der Waals surface area contributed by atoms with Crippen LogP contribution in [0.1, 0.15) is 34.6 Å². The van der Waals surface area contributed by atoms with Crippen molar-refractivity contribution in [1.82, 2.24) is 4.72 Å². The zero-order valence-corrected chi connectivity index (χ0v) is 16.4. The molecule has 0 unspecified atom stereocenters. The van der Waals surface area contributed by atoms with Crippen LogP contribution < -0.4 is 9.46 Å². The quantitative estimate of drug-likeness (QED) is 0.531. The Hall–Kier alpha value is -2.78. The standard InChI is InChI=1S/C19H20FNO6S/c1-12(2)21-28(24,25)15-6-4-5-13(9-15)19(23)27-11-17(22)16-10-14(20)7-8-18(16)26-3/h4-10,12,21H,11H2,1-3H3. The number of rotatable bonds is 8. The van der Waals surface area contributed by atoms with Crippen LogP contribution in [0.15, 0.2) is 47.4 Å². The molecule has 9 heteroatoms. The Morgan fingerprint density at radius 2 is 1.86 bits per heavy atom. The van der Waals surface area contributed by atoms with Crippen molar-refractivity contribution in [2.75, 3.05) is 13.7 Å². The van der Waals surface area contributed by atoms with E-state index in [2.05, 4.69) is 4.72 Å². The van der Waals surface area contributed by atoms with E-state index in [4.69, 9.17) is 9.47 Å². The predicted molar refractivity (Wildman–Crippen MR) is 99.5 cm³/mol. The summed E-state index contributed by atoms with van der Waals surface area (Å²) in [5.74, 6) is -2.03. The minimum atomic E-state index is -3.79. The van der Waals surface area contributed by atoms with Gasteiger partial charge in [-0.2, -0.15) is 0 Å². The predicted octanol–water partition coefficient (Wildman–Crippen LogP) is 2.56. The molecule has 0 spiro atoms. The maximum atomic E-state index is 13.4. The van der Waals surface area contributed by atoms with Crippen molar-refractivity contribution >= 4 is 21.8 Å². The van der Waals surface area contributed by atoms with Gasteiger partial charge in [0.25, 0.3) is 0 Å². The van der Waals surface area contributed by atoms with E-state index < -0.39 is 34.2 Å². The number of nitrogens with one attached hydrogen (secondary N) is 1. The van der Waals surface area contributed by atoms with Gasteiger partial charge in [-0.3, -0.25) is 4.79 Å². The van der Waals surface area contributed by atoms with Gasteiger partial charge in [0, 0.05) is 6.04 Å². The number of hydrogen-bond acceptors (Lipinski definition) is 6. The van der Waals surface area contributed by atoms with Crippen LogP contribution in [0.3, 0.4) is 0 Å². The van der Waals surface area contributed by atoms with Gasteiger partial charge in [0.2, 0.25) is 15.8 Å². The first-order valence-electron chi connectivity index (χ1n) is 8.30.